The van der Waals surface area contributed by atoms with Gasteiger partial charge in [-0.2, -0.15) is 0 Å². The highest BCUT2D eigenvalue weighted by Gasteiger charge is 2.21. The molecule has 0 saturated heterocycles. The number of aryl methyl sites for hydroxylation is 1. The molecule has 0 radical (unpaired) electrons. The fourth-order valence-electron chi connectivity index (χ4n) is 2.66. The van der Waals surface area contributed by atoms with Crippen molar-refractivity contribution in [3.05, 3.63) is 64.4 Å². The van der Waals surface area contributed by atoms with Crippen molar-refractivity contribution in [3.63, 3.8) is 0 Å². The highest BCUT2D eigenvalue weighted by atomic mass is 35.5. The topological polar surface area (TPSA) is 107 Å². The number of carbonyl (C=O) groups excluding carboxylic acids is 2. The summed E-state index contributed by atoms with van der Waals surface area (Å²) in [6.07, 6.45) is 1.64. The molecule has 11 heteroatoms. The average Bonchev–Trinajstić information content (AvgIpc) is 3.39. The third-order valence-electron chi connectivity index (χ3n) is 4.23. The van der Waals surface area contributed by atoms with Crippen LogP contribution in [0.3, 0.4) is 0 Å². The molecule has 2 N–H and O–H groups in total. The first-order chi connectivity index (χ1) is 14.5. The van der Waals surface area contributed by atoms with Gasteiger partial charge in [0.1, 0.15) is 6.33 Å². The number of halogens is 1. The molecule has 1 aliphatic heterocycles. The number of aromatic nitrogens is 3. The van der Waals surface area contributed by atoms with Gasteiger partial charge in [0.25, 0.3) is 11.8 Å². The van der Waals surface area contributed by atoms with Crippen molar-refractivity contribution in [1.29, 1.82) is 0 Å². The van der Waals surface area contributed by atoms with Crippen molar-refractivity contribution >= 4 is 35.2 Å². The molecule has 0 aliphatic carbocycles. The summed E-state index contributed by atoms with van der Waals surface area (Å²) in [6, 6.07) is 10.0. The molecular formula is C19H16ClN5O4S. The van der Waals surface area contributed by atoms with Crippen LogP contribution in [0.2, 0.25) is 5.02 Å². The van der Waals surface area contributed by atoms with Gasteiger partial charge in [0.2, 0.25) is 6.79 Å². The molecule has 30 heavy (non-hydrogen) atoms. The monoisotopic (exact) mass is 445 g/mol. The van der Waals surface area contributed by atoms with Crippen LogP contribution in [0.15, 0.2) is 47.9 Å². The molecule has 0 spiro atoms. The van der Waals surface area contributed by atoms with E-state index < -0.39 is 11.8 Å². The normalized spacial score (nSPS) is 11.9. The van der Waals surface area contributed by atoms with Crippen molar-refractivity contribution < 1.29 is 19.1 Å². The lowest BCUT2D eigenvalue weighted by atomic mass is 10.1. The number of nitrogens with one attached hydrogen (secondary N) is 2. The molecule has 154 valence electrons. The van der Waals surface area contributed by atoms with Gasteiger partial charge in [0.15, 0.2) is 16.7 Å². The maximum Gasteiger partial charge on any atom is 0.269 e. The Morgan fingerprint density at radius 2 is 1.87 bits per heavy atom. The summed E-state index contributed by atoms with van der Waals surface area (Å²) in [5, 5.41) is 8.92. The summed E-state index contributed by atoms with van der Waals surface area (Å²) in [4.78, 5) is 24.6. The average molecular weight is 446 g/mol. The van der Waals surface area contributed by atoms with E-state index in [2.05, 4.69) is 21.0 Å². The second-order valence-corrected chi connectivity index (χ2v) is 7.66. The van der Waals surface area contributed by atoms with Gasteiger partial charge in [0, 0.05) is 23.9 Å². The second-order valence-electron chi connectivity index (χ2n) is 6.31. The second kappa shape index (κ2) is 8.64. The molecule has 0 unspecified atom stereocenters. The van der Waals surface area contributed by atoms with E-state index in [0.29, 0.717) is 22.8 Å². The van der Waals surface area contributed by atoms with E-state index in [4.69, 9.17) is 21.1 Å². The van der Waals surface area contributed by atoms with Crippen LogP contribution in [0.4, 0.5) is 0 Å². The molecule has 4 rings (SSSR count). The van der Waals surface area contributed by atoms with Gasteiger partial charge < -0.3 is 14.0 Å². The molecule has 1 aromatic heterocycles. The summed E-state index contributed by atoms with van der Waals surface area (Å²) in [5.41, 5.74) is 6.42. The molecule has 2 heterocycles. The first-order valence-corrected chi connectivity index (χ1v) is 10.1. The van der Waals surface area contributed by atoms with E-state index in [9.17, 15) is 9.59 Å². The number of nitrogens with zero attached hydrogens (tertiary/aromatic N) is 3. The number of carbonyl (C=O) groups is 2. The number of rotatable bonds is 5. The molecule has 0 saturated carbocycles. The molecular weight excluding hydrogens is 430 g/mol. The Labute approximate surface area is 180 Å². The minimum absolute atomic E-state index is 0.0456. The summed E-state index contributed by atoms with van der Waals surface area (Å²) in [6.45, 7) is 0.0456. The Hall–Kier alpha value is -3.24. The Morgan fingerprint density at radius 1 is 1.13 bits per heavy atom. The van der Waals surface area contributed by atoms with Gasteiger partial charge in [-0.05, 0) is 29.8 Å². The zero-order valence-corrected chi connectivity index (χ0v) is 17.3. The minimum Gasteiger partial charge on any atom is -0.454 e. The van der Waals surface area contributed by atoms with Crippen LogP contribution in [-0.4, -0.2) is 33.4 Å². The summed E-state index contributed by atoms with van der Waals surface area (Å²) in [7, 11) is 1.88. The summed E-state index contributed by atoms with van der Waals surface area (Å²) < 4.78 is 12.3. The summed E-state index contributed by atoms with van der Waals surface area (Å²) in [5.74, 6) is 0.502. The number of hydrogen-bond donors (Lipinski definition) is 2. The Balaban J connectivity index is 1.32. The largest absolute Gasteiger partial charge is 0.454 e. The number of ether oxygens (including phenoxy) is 2. The quantitative estimate of drug-likeness (QED) is 0.459. The van der Waals surface area contributed by atoms with Gasteiger partial charge in [-0.25, -0.2) is 0 Å². The van der Waals surface area contributed by atoms with Crippen molar-refractivity contribution in [2.45, 2.75) is 10.9 Å². The van der Waals surface area contributed by atoms with Gasteiger partial charge in [-0.15, -0.1) is 10.2 Å². The van der Waals surface area contributed by atoms with E-state index >= 15 is 0 Å². The zero-order valence-electron chi connectivity index (χ0n) is 15.7. The number of benzene rings is 2. The fraction of sp³-hybridized carbons (Fsp3) is 0.158. The lowest BCUT2D eigenvalue weighted by molar-refractivity contribution is 0.0846. The van der Waals surface area contributed by atoms with E-state index in [-0.39, 0.29) is 17.4 Å². The van der Waals surface area contributed by atoms with Gasteiger partial charge >= 0.3 is 0 Å². The fourth-order valence-corrected chi connectivity index (χ4v) is 3.77. The van der Waals surface area contributed by atoms with Crippen molar-refractivity contribution in [3.8, 4) is 11.5 Å². The predicted octanol–water partition coefficient (Wildman–Crippen LogP) is 2.56. The van der Waals surface area contributed by atoms with Gasteiger partial charge in [-0.3, -0.25) is 20.4 Å². The lowest BCUT2D eigenvalue weighted by Crippen LogP contribution is -2.41. The number of thioether (sulfide) groups is 1. The van der Waals surface area contributed by atoms with Crippen LogP contribution < -0.4 is 20.3 Å². The van der Waals surface area contributed by atoms with Crippen molar-refractivity contribution in [1.82, 2.24) is 25.6 Å². The predicted molar refractivity (Wildman–Crippen MR) is 110 cm³/mol. The van der Waals surface area contributed by atoms with Crippen LogP contribution in [0.25, 0.3) is 0 Å². The van der Waals surface area contributed by atoms with E-state index in [1.807, 2.05) is 23.7 Å². The molecule has 1 aliphatic rings. The Kier molecular flexibility index (Phi) is 5.77. The minimum atomic E-state index is -0.528. The molecule has 0 atom stereocenters. The highest BCUT2D eigenvalue weighted by molar-refractivity contribution is 7.98. The number of fused-ring (bicyclic) bond motifs is 1. The molecule has 3 aromatic rings. The maximum atomic E-state index is 12.3. The van der Waals surface area contributed by atoms with Crippen LogP contribution in [0.1, 0.15) is 26.3 Å². The third kappa shape index (κ3) is 4.34. The van der Waals surface area contributed by atoms with Gasteiger partial charge in [-0.1, -0.05) is 35.5 Å². The first-order valence-electron chi connectivity index (χ1n) is 8.77. The van der Waals surface area contributed by atoms with Gasteiger partial charge in [0.05, 0.1) is 5.02 Å². The molecule has 2 aromatic carbocycles. The first kappa shape index (κ1) is 20.0. The van der Waals surface area contributed by atoms with E-state index in [1.165, 1.54) is 12.1 Å². The van der Waals surface area contributed by atoms with Crippen LogP contribution in [0, 0.1) is 0 Å². The maximum absolute atomic E-state index is 12.3. The standard InChI is InChI=1S/C19H16ClN5O4S/c1-25-9-21-24-19(25)30-8-11-2-4-12(5-3-11)17(26)22-23-18(27)13-6-14(20)16-15(7-13)28-10-29-16/h2-7,9H,8,10H2,1H3,(H,22,26)(H,23,27). The Morgan fingerprint density at radius 3 is 2.57 bits per heavy atom. The van der Waals surface area contributed by atoms with Crippen molar-refractivity contribution in [2.75, 3.05) is 6.79 Å². The molecule has 0 bridgehead atoms. The zero-order chi connectivity index (χ0) is 21.1. The van der Waals surface area contributed by atoms with Crippen LogP contribution in [-0.2, 0) is 12.8 Å². The number of amides is 2. The molecule has 9 nitrogen and oxygen atoms in total. The SMILES string of the molecule is Cn1cnnc1SCc1ccc(C(=O)NNC(=O)c2cc(Cl)c3c(c2)OCO3)cc1. The van der Waals surface area contributed by atoms with Crippen molar-refractivity contribution in [2.24, 2.45) is 7.05 Å². The highest BCUT2D eigenvalue weighted by Crippen LogP contribution is 2.39. The molecule has 0 fully saturated rings. The third-order valence-corrected chi connectivity index (χ3v) is 5.62. The summed E-state index contributed by atoms with van der Waals surface area (Å²) >= 11 is 7.62. The molecule has 2 amide bonds. The number of hydrogen-bond acceptors (Lipinski definition) is 7. The van der Waals surface area contributed by atoms with E-state index in [1.54, 1.807) is 30.2 Å². The Bertz CT molecular complexity index is 1100. The van der Waals surface area contributed by atoms with Crippen LogP contribution in [0.5, 0.6) is 11.5 Å². The smallest absolute Gasteiger partial charge is 0.269 e. The number of hydrazine groups is 1. The lowest BCUT2D eigenvalue weighted by Gasteiger charge is -2.09. The van der Waals surface area contributed by atoms with Crippen LogP contribution >= 0.6 is 23.4 Å². The van der Waals surface area contributed by atoms with E-state index in [0.717, 1.165) is 10.7 Å².